The van der Waals surface area contributed by atoms with E-state index in [-0.39, 0.29) is 17.1 Å². The summed E-state index contributed by atoms with van der Waals surface area (Å²) in [5, 5.41) is 2.34. The normalized spacial score (nSPS) is 10.8. The van der Waals surface area contributed by atoms with Crippen LogP contribution < -0.4 is 19.5 Å². The predicted molar refractivity (Wildman–Crippen MR) is 59.6 cm³/mol. The molecule has 0 radical (unpaired) electrons. The Morgan fingerprint density at radius 3 is 2.16 bits per heavy atom. The van der Waals surface area contributed by atoms with Crippen LogP contribution in [0.2, 0.25) is 0 Å². The highest BCUT2D eigenvalue weighted by molar-refractivity contribution is 5.98. The van der Waals surface area contributed by atoms with Gasteiger partial charge in [-0.3, -0.25) is 4.79 Å². The minimum absolute atomic E-state index is 0.0383. The van der Waals surface area contributed by atoms with E-state index in [0.29, 0.717) is 0 Å². The van der Waals surface area contributed by atoms with Gasteiger partial charge in [-0.2, -0.15) is 0 Å². The van der Waals surface area contributed by atoms with Gasteiger partial charge in [0.2, 0.25) is 5.75 Å². The molecule has 0 aromatic heterocycles. The van der Waals surface area contributed by atoms with Crippen LogP contribution in [0.25, 0.3) is 0 Å². The Morgan fingerprint density at radius 2 is 1.74 bits per heavy atom. The number of benzene rings is 1. The molecule has 0 aliphatic heterocycles. The molecule has 0 fully saturated rings. The number of amides is 1. The Hall–Kier alpha value is -2.12. The van der Waals surface area contributed by atoms with Crippen LogP contribution in [0.15, 0.2) is 12.1 Å². The molecule has 0 saturated heterocycles. The van der Waals surface area contributed by atoms with Gasteiger partial charge in [-0.25, -0.2) is 0 Å². The van der Waals surface area contributed by atoms with Gasteiger partial charge in [0, 0.05) is 7.05 Å². The highest BCUT2D eigenvalue weighted by Gasteiger charge is 2.34. The molecule has 1 aromatic carbocycles. The lowest BCUT2D eigenvalue weighted by Crippen LogP contribution is -2.20. The standard InChI is InChI=1S/C11H12F3NO4/c1-15-10(16)6-4-5-7(19-11(12,13)14)9(18-3)8(6)17-2/h4-5H,1-3H3,(H,15,16). The van der Waals surface area contributed by atoms with Crippen LogP contribution in [0.1, 0.15) is 10.4 Å². The van der Waals surface area contributed by atoms with E-state index in [1.807, 2.05) is 0 Å². The van der Waals surface area contributed by atoms with Crippen molar-refractivity contribution in [3.8, 4) is 17.2 Å². The number of hydrogen-bond donors (Lipinski definition) is 1. The SMILES string of the molecule is CNC(=O)c1ccc(OC(F)(F)F)c(OC)c1OC. The summed E-state index contributed by atoms with van der Waals surface area (Å²) in [4.78, 5) is 11.5. The van der Waals surface area contributed by atoms with Crippen molar-refractivity contribution in [3.05, 3.63) is 17.7 Å². The second-order valence-electron chi connectivity index (χ2n) is 3.30. The van der Waals surface area contributed by atoms with Crippen LogP contribution in [0.3, 0.4) is 0 Å². The molecule has 19 heavy (non-hydrogen) atoms. The minimum atomic E-state index is -4.87. The van der Waals surface area contributed by atoms with E-state index in [1.165, 1.54) is 14.2 Å². The molecule has 0 bridgehead atoms. The molecule has 1 rings (SSSR count). The first kappa shape index (κ1) is 14.9. The average molecular weight is 279 g/mol. The fraction of sp³-hybridized carbons (Fsp3) is 0.364. The first-order valence-electron chi connectivity index (χ1n) is 5.06. The van der Waals surface area contributed by atoms with Gasteiger partial charge in [-0.1, -0.05) is 0 Å². The molecule has 5 nitrogen and oxygen atoms in total. The summed E-state index contributed by atoms with van der Waals surface area (Å²) >= 11 is 0. The number of nitrogens with one attached hydrogen (secondary N) is 1. The summed E-state index contributed by atoms with van der Waals surface area (Å²) in [6.07, 6.45) is -4.87. The van der Waals surface area contributed by atoms with Crippen LogP contribution >= 0.6 is 0 Å². The molecule has 0 aliphatic carbocycles. The third-order valence-corrected chi connectivity index (χ3v) is 2.18. The number of ether oxygens (including phenoxy) is 3. The fourth-order valence-corrected chi connectivity index (χ4v) is 1.46. The summed E-state index contributed by atoms with van der Waals surface area (Å²) in [5.41, 5.74) is 0.0383. The molecule has 1 N–H and O–H groups in total. The van der Waals surface area contributed by atoms with Crippen molar-refractivity contribution in [1.82, 2.24) is 5.32 Å². The molecule has 0 saturated carbocycles. The molecule has 0 spiro atoms. The summed E-state index contributed by atoms with van der Waals surface area (Å²) < 4.78 is 50.2. The van der Waals surface area contributed by atoms with Gasteiger partial charge in [0.1, 0.15) is 0 Å². The molecule has 0 unspecified atom stereocenters. The van der Waals surface area contributed by atoms with Crippen molar-refractivity contribution in [3.63, 3.8) is 0 Å². The summed E-state index contributed by atoms with van der Waals surface area (Å²) in [5.74, 6) is -1.54. The van der Waals surface area contributed by atoms with E-state index in [2.05, 4.69) is 10.1 Å². The number of carbonyl (C=O) groups is 1. The van der Waals surface area contributed by atoms with Crippen molar-refractivity contribution in [2.24, 2.45) is 0 Å². The zero-order chi connectivity index (χ0) is 14.6. The van der Waals surface area contributed by atoms with Crippen molar-refractivity contribution >= 4 is 5.91 Å². The summed E-state index contributed by atoms with van der Waals surface area (Å²) in [6, 6.07) is 2.14. The lowest BCUT2D eigenvalue weighted by Gasteiger charge is -2.17. The molecule has 1 aromatic rings. The van der Waals surface area contributed by atoms with E-state index in [4.69, 9.17) is 9.47 Å². The van der Waals surface area contributed by atoms with Gasteiger partial charge in [-0.15, -0.1) is 13.2 Å². The zero-order valence-corrected chi connectivity index (χ0v) is 10.4. The number of alkyl halides is 3. The Balaban J connectivity index is 3.34. The third kappa shape index (κ3) is 3.43. The fourth-order valence-electron chi connectivity index (χ4n) is 1.46. The van der Waals surface area contributed by atoms with E-state index in [1.54, 1.807) is 0 Å². The van der Waals surface area contributed by atoms with Gasteiger partial charge in [-0.05, 0) is 12.1 Å². The monoisotopic (exact) mass is 279 g/mol. The van der Waals surface area contributed by atoms with Gasteiger partial charge < -0.3 is 19.5 Å². The van der Waals surface area contributed by atoms with Crippen molar-refractivity contribution in [1.29, 1.82) is 0 Å². The number of rotatable bonds is 4. The van der Waals surface area contributed by atoms with E-state index in [9.17, 15) is 18.0 Å². The number of halogens is 3. The topological polar surface area (TPSA) is 56.8 Å². The van der Waals surface area contributed by atoms with Gasteiger partial charge >= 0.3 is 6.36 Å². The average Bonchev–Trinajstić information content (AvgIpc) is 2.35. The lowest BCUT2D eigenvalue weighted by atomic mass is 10.1. The van der Waals surface area contributed by atoms with Gasteiger partial charge in [0.25, 0.3) is 5.91 Å². The Bertz CT molecular complexity index is 474. The molecule has 1 amide bonds. The Labute approximate surface area is 107 Å². The lowest BCUT2D eigenvalue weighted by molar-refractivity contribution is -0.275. The van der Waals surface area contributed by atoms with Crippen molar-refractivity contribution < 1.29 is 32.2 Å². The molecule has 0 aliphatic rings. The van der Waals surface area contributed by atoms with Crippen molar-refractivity contribution in [2.45, 2.75) is 6.36 Å². The maximum Gasteiger partial charge on any atom is 0.573 e. The quantitative estimate of drug-likeness (QED) is 0.915. The highest BCUT2D eigenvalue weighted by atomic mass is 19.4. The second-order valence-corrected chi connectivity index (χ2v) is 3.30. The number of carbonyl (C=O) groups excluding carboxylic acids is 1. The smallest absolute Gasteiger partial charge is 0.492 e. The number of methoxy groups -OCH3 is 2. The molecule has 0 heterocycles. The molecule has 8 heteroatoms. The number of hydrogen-bond acceptors (Lipinski definition) is 4. The first-order valence-corrected chi connectivity index (χ1v) is 5.06. The van der Waals surface area contributed by atoms with Crippen LogP contribution in [-0.4, -0.2) is 33.5 Å². The van der Waals surface area contributed by atoms with Crippen LogP contribution in [-0.2, 0) is 0 Å². The minimum Gasteiger partial charge on any atom is -0.492 e. The molecule has 0 atom stereocenters. The molecular weight excluding hydrogens is 267 g/mol. The van der Waals surface area contributed by atoms with E-state index < -0.39 is 18.0 Å². The van der Waals surface area contributed by atoms with E-state index >= 15 is 0 Å². The van der Waals surface area contributed by atoms with Crippen LogP contribution in [0, 0.1) is 0 Å². The highest BCUT2D eigenvalue weighted by Crippen LogP contribution is 2.41. The van der Waals surface area contributed by atoms with E-state index in [0.717, 1.165) is 19.2 Å². The summed E-state index contributed by atoms with van der Waals surface area (Å²) in [6.45, 7) is 0. The second kappa shape index (κ2) is 5.68. The Morgan fingerprint density at radius 1 is 1.16 bits per heavy atom. The molecule has 106 valence electrons. The maximum atomic E-state index is 12.2. The van der Waals surface area contributed by atoms with Gasteiger partial charge in [0.15, 0.2) is 11.5 Å². The summed E-state index contributed by atoms with van der Waals surface area (Å²) in [7, 11) is 3.74. The van der Waals surface area contributed by atoms with Gasteiger partial charge in [0.05, 0.1) is 19.8 Å². The zero-order valence-electron chi connectivity index (χ0n) is 10.4. The van der Waals surface area contributed by atoms with Crippen molar-refractivity contribution in [2.75, 3.05) is 21.3 Å². The van der Waals surface area contributed by atoms with Crippen LogP contribution in [0.5, 0.6) is 17.2 Å². The largest absolute Gasteiger partial charge is 0.573 e. The van der Waals surface area contributed by atoms with Crippen LogP contribution in [0.4, 0.5) is 13.2 Å². The third-order valence-electron chi connectivity index (χ3n) is 2.18. The Kier molecular flexibility index (Phi) is 4.47. The molecular formula is C11H12F3NO4. The maximum absolute atomic E-state index is 12.2. The first-order chi connectivity index (χ1) is 8.84. The predicted octanol–water partition coefficient (Wildman–Crippen LogP) is 1.96.